The maximum atomic E-state index is 9.79. The predicted octanol–water partition coefficient (Wildman–Crippen LogP) is 2.29. The number of benzene rings is 1. The minimum absolute atomic E-state index is 0.178. The van der Waals surface area contributed by atoms with Crippen LogP contribution in [0, 0.1) is 0 Å². The highest BCUT2D eigenvalue weighted by Gasteiger charge is 2.25. The number of para-hydroxylation sites is 1. The second kappa shape index (κ2) is 4.90. The van der Waals surface area contributed by atoms with Gasteiger partial charge in [0.15, 0.2) is 0 Å². The Morgan fingerprint density at radius 1 is 1.17 bits per heavy atom. The molecule has 94 valence electrons. The summed E-state index contributed by atoms with van der Waals surface area (Å²) in [5, 5.41) is 18.0. The maximum absolute atomic E-state index is 9.79. The van der Waals surface area contributed by atoms with Crippen molar-refractivity contribution in [2.75, 3.05) is 0 Å². The minimum Gasteiger partial charge on any atom is -0.393 e. The van der Waals surface area contributed by atoms with Crippen LogP contribution in [-0.2, 0) is 0 Å². The standard InChI is InChI=1S/C14H17N3O/c18-13-8-4-5-11(9-13)14-10-15-16-17(14)12-6-2-1-3-7-12/h1-3,6-7,10-11,13,18H,4-5,8-9H2. The Bertz CT molecular complexity index is 509. The zero-order valence-corrected chi connectivity index (χ0v) is 10.2. The van der Waals surface area contributed by atoms with Crippen LogP contribution in [0.15, 0.2) is 36.5 Å². The van der Waals surface area contributed by atoms with Crippen molar-refractivity contribution in [3.63, 3.8) is 0 Å². The average Bonchev–Trinajstić information content (AvgIpc) is 2.89. The summed E-state index contributed by atoms with van der Waals surface area (Å²) in [5.74, 6) is 0.365. The molecule has 0 amide bonds. The second-order valence-corrected chi connectivity index (χ2v) is 4.92. The fraction of sp³-hybridized carbons (Fsp3) is 0.429. The molecule has 1 aromatic heterocycles. The van der Waals surface area contributed by atoms with Crippen molar-refractivity contribution in [1.82, 2.24) is 15.0 Å². The summed E-state index contributed by atoms with van der Waals surface area (Å²) in [5.41, 5.74) is 2.14. The van der Waals surface area contributed by atoms with Gasteiger partial charge < -0.3 is 5.11 Å². The fourth-order valence-electron chi connectivity index (χ4n) is 2.72. The van der Waals surface area contributed by atoms with E-state index in [1.54, 1.807) is 0 Å². The van der Waals surface area contributed by atoms with Gasteiger partial charge in [-0.3, -0.25) is 0 Å². The van der Waals surface area contributed by atoms with Crippen LogP contribution in [0.3, 0.4) is 0 Å². The molecule has 1 aromatic carbocycles. The van der Waals surface area contributed by atoms with Gasteiger partial charge in [-0.25, -0.2) is 4.68 Å². The molecule has 0 saturated heterocycles. The van der Waals surface area contributed by atoms with Crippen molar-refractivity contribution in [2.45, 2.75) is 37.7 Å². The van der Waals surface area contributed by atoms with Crippen molar-refractivity contribution in [2.24, 2.45) is 0 Å². The molecular weight excluding hydrogens is 226 g/mol. The van der Waals surface area contributed by atoms with Crippen LogP contribution in [0.2, 0.25) is 0 Å². The Balaban J connectivity index is 1.92. The summed E-state index contributed by atoms with van der Waals surface area (Å²) in [4.78, 5) is 0. The molecule has 1 aliphatic carbocycles. The summed E-state index contributed by atoms with van der Waals surface area (Å²) in [7, 11) is 0. The molecule has 0 radical (unpaired) electrons. The van der Waals surface area contributed by atoms with E-state index in [1.807, 2.05) is 41.2 Å². The number of hydrogen-bond acceptors (Lipinski definition) is 3. The molecule has 4 nitrogen and oxygen atoms in total. The summed E-state index contributed by atoms with van der Waals surface area (Å²) < 4.78 is 1.89. The molecule has 3 rings (SSSR count). The first-order valence-electron chi connectivity index (χ1n) is 6.48. The third kappa shape index (κ3) is 2.16. The van der Waals surface area contributed by atoms with Crippen LogP contribution >= 0.6 is 0 Å². The molecule has 18 heavy (non-hydrogen) atoms. The van der Waals surface area contributed by atoms with E-state index in [0.29, 0.717) is 5.92 Å². The first-order chi connectivity index (χ1) is 8.84. The molecule has 2 atom stereocenters. The minimum atomic E-state index is -0.178. The summed E-state index contributed by atoms with van der Waals surface area (Å²) in [6.07, 6.45) is 5.57. The Kier molecular flexibility index (Phi) is 3.11. The molecule has 1 aliphatic rings. The van der Waals surface area contributed by atoms with Gasteiger partial charge in [0, 0.05) is 5.92 Å². The Hall–Kier alpha value is -1.68. The zero-order chi connectivity index (χ0) is 12.4. The fourth-order valence-corrected chi connectivity index (χ4v) is 2.72. The lowest BCUT2D eigenvalue weighted by molar-refractivity contribution is 0.118. The van der Waals surface area contributed by atoms with Gasteiger partial charge >= 0.3 is 0 Å². The first kappa shape index (κ1) is 11.4. The van der Waals surface area contributed by atoms with Gasteiger partial charge in [-0.2, -0.15) is 0 Å². The summed E-state index contributed by atoms with van der Waals surface area (Å²) in [6.45, 7) is 0. The van der Waals surface area contributed by atoms with Gasteiger partial charge in [-0.1, -0.05) is 29.8 Å². The Morgan fingerprint density at radius 2 is 2.00 bits per heavy atom. The van der Waals surface area contributed by atoms with E-state index >= 15 is 0 Å². The lowest BCUT2D eigenvalue weighted by atomic mass is 9.85. The molecule has 1 N–H and O–H groups in total. The van der Waals surface area contributed by atoms with E-state index in [-0.39, 0.29) is 6.10 Å². The molecule has 0 bridgehead atoms. The largest absolute Gasteiger partial charge is 0.393 e. The maximum Gasteiger partial charge on any atom is 0.0732 e. The van der Waals surface area contributed by atoms with Gasteiger partial charge in [0.25, 0.3) is 0 Å². The predicted molar refractivity (Wildman–Crippen MR) is 68.6 cm³/mol. The van der Waals surface area contributed by atoms with E-state index in [1.165, 1.54) is 0 Å². The van der Waals surface area contributed by atoms with Gasteiger partial charge in [-0.15, -0.1) is 5.10 Å². The van der Waals surface area contributed by atoms with E-state index in [2.05, 4.69) is 10.3 Å². The van der Waals surface area contributed by atoms with Crippen LogP contribution in [0.4, 0.5) is 0 Å². The molecule has 1 heterocycles. The second-order valence-electron chi connectivity index (χ2n) is 4.92. The molecule has 2 aromatic rings. The van der Waals surface area contributed by atoms with Crippen molar-refractivity contribution < 1.29 is 5.11 Å². The molecular formula is C14H17N3O. The van der Waals surface area contributed by atoms with Crippen LogP contribution in [0.5, 0.6) is 0 Å². The smallest absolute Gasteiger partial charge is 0.0732 e. The third-order valence-corrected chi connectivity index (χ3v) is 3.64. The third-order valence-electron chi connectivity index (χ3n) is 3.64. The highest BCUT2D eigenvalue weighted by atomic mass is 16.3. The average molecular weight is 243 g/mol. The monoisotopic (exact) mass is 243 g/mol. The topological polar surface area (TPSA) is 50.9 Å². The van der Waals surface area contributed by atoms with E-state index in [0.717, 1.165) is 37.1 Å². The molecule has 0 aliphatic heterocycles. The molecule has 1 fully saturated rings. The lowest BCUT2D eigenvalue weighted by Gasteiger charge is -2.25. The van der Waals surface area contributed by atoms with Crippen LogP contribution in [-0.4, -0.2) is 26.2 Å². The van der Waals surface area contributed by atoms with Crippen LogP contribution in [0.25, 0.3) is 5.69 Å². The number of aliphatic hydroxyl groups excluding tert-OH is 1. The van der Waals surface area contributed by atoms with Gasteiger partial charge in [-0.05, 0) is 31.4 Å². The molecule has 1 saturated carbocycles. The van der Waals surface area contributed by atoms with Gasteiger partial charge in [0.05, 0.1) is 23.7 Å². The summed E-state index contributed by atoms with van der Waals surface area (Å²) in [6, 6.07) is 10.0. The van der Waals surface area contributed by atoms with Gasteiger partial charge in [0.1, 0.15) is 0 Å². The van der Waals surface area contributed by atoms with Gasteiger partial charge in [0.2, 0.25) is 0 Å². The highest BCUT2D eigenvalue weighted by Crippen LogP contribution is 2.33. The van der Waals surface area contributed by atoms with Crippen molar-refractivity contribution in [1.29, 1.82) is 0 Å². The number of hydrogen-bond donors (Lipinski definition) is 1. The summed E-state index contributed by atoms with van der Waals surface area (Å²) >= 11 is 0. The Morgan fingerprint density at radius 3 is 2.78 bits per heavy atom. The Labute approximate surface area is 106 Å². The molecule has 0 spiro atoms. The SMILES string of the molecule is OC1CCCC(c2cnnn2-c2ccccc2)C1. The number of nitrogens with zero attached hydrogens (tertiary/aromatic N) is 3. The normalized spacial score (nSPS) is 24.1. The first-order valence-corrected chi connectivity index (χ1v) is 6.48. The number of rotatable bonds is 2. The molecule has 2 unspecified atom stereocenters. The van der Waals surface area contributed by atoms with Crippen molar-refractivity contribution in [3.05, 3.63) is 42.2 Å². The van der Waals surface area contributed by atoms with Crippen LogP contribution in [0.1, 0.15) is 37.3 Å². The van der Waals surface area contributed by atoms with E-state index in [4.69, 9.17) is 0 Å². The van der Waals surface area contributed by atoms with Crippen molar-refractivity contribution in [3.8, 4) is 5.69 Å². The van der Waals surface area contributed by atoms with Crippen LogP contribution < -0.4 is 0 Å². The highest BCUT2D eigenvalue weighted by molar-refractivity contribution is 5.32. The molecule has 4 heteroatoms. The van der Waals surface area contributed by atoms with E-state index < -0.39 is 0 Å². The zero-order valence-electron chi connectivity index (χ0n) is 10.2. The van der Waals surface area contributed by atoms with Crippen molar-refractivity contribution >= 4 is 0 Å². The number of aliphatic hydroxyl groups is 1. The number of aromatic nitrogens is 3. The lowest BCUT2D eigenvalue weighted by Crippen LogP contribution is -2.20. The quantitative estimate of drug-likeness (QED) is 0.880. The van der Waals surface area contributed by atoms with E-state index in [9.17, 15) is 5.11 Å².